The maximum absolute atomic E-state index is 13.0. The molecule has 0 radical (unpaired) electrons. The Hall–Kier alpha value is -3.16. The van der Waals surface area contributed by atoms with Gasteiger partial charge in [0, 0.05) is 31.5 Å². The van der Waals surface area contributed by atoms with Crippen LogP contribution in [0.25, 0.3) is 0 Å². The van der Waals surface area contributed by atoms with E-state index in [1.807, 2.05) is 12.1 Å². The van der Waals surface area contributed by atoms with Crippen molar-refractivity contribution in [3.05, 3.63) is 52.7 Å². The molecule has 0 spiro atoms. The molecule has 29 heavy (non-hydrogen) atoms. The molecular weight excluding hydrogens is 372 g/mol. The number of carbonyl (C=O) groups excluding carboxylic acids is 1. The second-order valence-corrected chi connectivity index (χ2v) is 7.76. The van der Waals surface area contributed by atoms with Crippen molar-refractivity contribution in [2.75, 3.05) is 23.3 Å². The lowest BCUT2D eigenvalue weighted by Crippen LogP contribution is -2.41. The Morgan fingerprint density at radius 3 is 2.79 bits per heavy atom. The summed E-state index contributed by atoms with van der Waals surface area (Å²) >= 11 is 0. The van der Waals surface area contributed by atoms with Crippen molar-refractivity contribution in [3.8, 4) is 0 Å². The molecule has 3 heterocycles. The first-order valence-electron chi connectivity index (χ1n) is 9.93. The number of carbonyl (C=O) groups is 2. The number of pyridine rings is 2. The molecule has 4 rings (SSSR count). The third-order valence-electron chi connectivity index (χ3n) is 5.54. The molecule has 1 saturated carbocycles. The minimum Gasteiger partial charge on any atom is -0.480 e. The average Bonchev–Trinajstić information content (AvgIpc) is 3.56. The van der Waals surface area contributed by atoms with Crippen molar-refractivity contribution in [3.63, 3.8) is 0 Å². The maximum Gasteiger partial charge on any atom is 0.323 e. The normalized spacial score (nSPS) is 19.0. The number of nitrogens with one attached hydrogen (secondary N) is 1. The van der Waals surface area contributed by atoms with Crippen molar-refractivity contribution in [1.29, 1.82) is 0 Å². The van der Waals surface area contributed by atoms with Crippen molar-refractivity contribution in [1.82, 2.24) is 9.55 Å². The highest BCUT2D eigenvalue weighted by Crippen LogP contribution is 2.43. The van der Waals surface area contributed by atoms with Crippen LogP contribution >= 0.6 is 0 Å². The summed E-state index contributed by atoms with van der Waals surface area (Å²) in [4.78, 5) is 42.6. The summed E-state index contributed by atoms with van der Waals surface area (Å²) in [5.74, 6) is -1.12. The van der Waals surface area contributed by atoms with Crippen LogP contribution in [0.5, 0.6) is 0 Å². The van der Waals surface area contributed by atoms with Crippen LogP contribution in [0.1, 0.15) is 37.2 Å². The predicted octanol–water partition coefficient (Wildman–Crippen LogP) is 2.06. The first kappa shape index (κ1) is 19.2. The molecular formula is C21H24N4O4. The molecule has 1 aliphatic heterocycles. The van der Waals surface area contributed by atoms with Crippen molar-refractivity contribution >= 4 is 23.3 Å². The topological polar surface area (TPSA) is 105 Å². The molecule has 8 heteroatoms. The van der Waals surface area contributed by atoms with Gasteiger partial charge in [-0.3, -0.25) is 19.4 Å². The number of rotatable bonds is 6. The van der Waals surface area contributed by atoms with Crippen molar-refractivity contribution in [2.24, 2.45) is 5.92 Å². The fourth-order valence-corrected chi connectivity index (χ4v) is 3.89. The summed E-state index contributed by atoms with van der Waals surface area (Å²) in [6.45, 7) is 1.06. The Morgan fingerprint density at radius 1 is 1.28 bits per heavy atom. The smallest absolute Gasteiger partial charge is 0.323 e. The van der Waals surface area contributed by atoms with E-state index in [2.05, 4.69) is 15.2 Å². The summed E-state index contributed by atoms with van der Waals surface area (Å²) in [7, 11) is 0. The quantitative estimate of drug-likeness (QED) is 0.775. The zero-order chi connectivity index (χ0) is 20.4. The molecule has 0 bridgehead atoms. The van der Waals surface area contributed by atoms with E-state index in [4.69, 9.17) is 5.11 Å². The standard InChI is InChI=1S/C21H24N4O4/c26-19-9-17(14-5-6-14)18(12-25(19)13-20(27)28)23-21(29)15-3-2-8-24(11-15)16-4-1-7-22-10-16/h1,4,7,9-10,12,14-15H,2-3,5-6,8,11,13H2,(H,23,29)(H,27,28)/t15-/m0/s1. The minimum atomic E-state index is -1.09. The number of aliphatic carboxylic acids is 1. The van der Waals surface area contributed by atoms with Crippen LogP contribution in [0, 0.1) is 5.92 Å². The van der Waals surface area contributed by atoms with Gasteiger partial charge in [0.1, 0.15) is 6.54 Å². The van der Waals surface area contributed by atoms with Gasteiger partial charge in [0.2, 0.25) is 5.91 Å². The Balaban J connectivity index is 1.52. The van der Waals surface area contributed by atoms with Gasteiger partial charge in [0.05, 0.1) is 23.5 Å². The van der Waals surface area contributed by atoms with E-state index in [9.17, 15) is 14.4 Å². The molecule has 0 unspecified atom stereocenters. The summed E-state index contributed by atoms with van der Waals surface area (Å²) in [6, 6.07) is 5.34. The van der Waals surface area contributed by atoms with E-state index in [-0.39, 0.29) is 23.3 Å². The molecule has 1 aliphatic carbocycles. The van der Waals surface area contributed by atoms with Gasteiger partial charge >= 0.3 is 5.97 Å². The van der Waals surface area contributed by atoms with Crippen molar-refractivity contribution < 1.29 is 14.7 Å². The van der Waals surface area contributed by atoms with Crippen LogP contribution in [0.15, 0.2) is 41.6 Å². The molecule has 8 nitrogen and oxygen atoms in total. The molecule has 2 aromatic heterocycles. The first-order chi connectivity index (χ1) is 14.0. The Bertz CT molecular complexity index is 968. The van der Waals surface area contributed by atoms with Gasteiger partial charge in [-0.05, 0) is 49.3 Å². The second kappa shape index (κ2) is 8.06. The second-order valence-electron chi connectivity index (χ2n) is 7.76. The van der Waals surface area contributed by atoms with Crippen molar-refractivity contribution in [2.45, 2.75) is 38.1 Å². The highest BCUT2D eigenvalue weighted by Gasteiger charge is 2.30. The molecule has 0 aromatic carbocycles. The molecule has 1 atom stereocenters. The van der Waals surface area contributed by atoms with E-state index in [0.29, 0.717) is 12.2 Å². The Labute approximate surface area is 168 Å². The largest absolute Gasteiger partial charge is 0.480 e. The van der Waals surface area contributed by atoms with Gasteiger partial charge < -0.3 is 19.9 Å². The highest BCUT2D eigenvalue weighted by atomic mass is 16.4. The summed E-state index contributed by atoms with van der Waals surface area (Å²) < 4.78 is 1.13. The zero-order valence-corrected chi connectivity index (χ0v) is 16.1. The average molecular weight is 396 g/mol. The number of anilines is 2. The van der Waals surface area contributed by atoms with Gasteiger partial charge in [-0.2, -0.15) is 0 Å². The molecule has 1 amide bonds. The van der Waals surface area contributed by atoms with Crippen LogP contribution in [-0.4, -0.2) is 39.6 Å². The van der Waals surface area contributed by atoms with Crippen LogP contribution < -0.4 is 15.8 Å². The van der Waals surface area contributed by atoms with Crippen LogP contribution in [0.3, 0.4) is 0 Å². The van der Waals surface area contributed by atoms with E-state index in [1.54, 1.807) is 12.4 Å². The lowest BCUT2D eigenvalue weighted by atomic mass is 9.96. The van der Waals surface area contributed by atoms with Gasteiger partial charge in [0.15, 0.2) is 0 Å². The Morgan fingerprint density at radius 2 is 2.10 bits per heavy atom. The fraction of sp³-hybridized carbons (Fsp3) is 0.429. The number of hydrogen-bond donors (Lipinski definition) is 2. The van der Waals surface area contributed by atoms with Crippen LogP contribution in [-0.2, 0) is 16.1 Å². The molecule has 2 aliphatic rings. The van der Waals surface area contributed by atoms with E-state index in [0.717, 1.165) is 48.0 Å². The SMILES string of the molecule is O=C(O)Cn1cc(NC(=O)[C@H]2CCCN(c3cccnc3)C2)c(C2CC2)cc1=O. The third-order valence-corrected chi connectivity index (χ3v) is 5.54. The molecule has 2 aromatic rings. The minimum absolute atomic E-state index is 0.0963. The van der Waals surface area contributed by atoms with Gasteiger partial charge in [-0.25, -0.2) is 0 Å². The van der Waals surface area contributed by atoms with Gasteiger partial charge in [-0.15, -0.1) is 0 Å². The summed E-state index contributed by atoms with van der Waals surface area (Å²) in [6.07, 6.45) is 8.64. The number of aromatic nitrogens is 2. The molecule has 1 saturated heterocycles. The highest BCUT2D eigenvalue weighted by molar-refractivity contribution is 5.93. The summed E-state index contributed by atoms with van der Waals surface area (Å²) in [5.41, 5.74) is 2.01. The molecule has 152 valence electrons. The molecule has 2 N–H and O–H groups in total. The first-order valence-corrected chi connectivity index (χ1v) is 9.93. The predicted molar refractivity (Wildman–Crippen MR) is 108 cm³/mol. The van der Waals surface area contributed by atoms with E-state index < -0.39 is 12.5 Å². The maximum atomic E-state index is 13.0. The third kappa shape index (κ3) is 4.47. The number of carboxylic acid groups (broad SMARTS) is 1. The van der Waals surface area contributed by atoms with Crippen LogP contribution in [0.2, 0.25) is 0 Å². The number of piperidine rings is 1. The number of hydrogen-bond acceptors (Lipinski definition) is 5. The summed E-state index contributed by atoms with van der Waals surface area (Å²) in [5, 5.41) is 12.0. The lowest BCUT2D eigenvalue weighted by molar-refractivity contribution is -0.137. The number of carboxylic acids is 1. The van der Waals surface area contributed by atoms with Crippen LogP contribution in [0.4, 0.5) is 11.4 Å². The number of nitrogens with zero attached hydrogens (tertiary/aromatic N) is 3. The van der Waals surface area contributed by atoms with E-state index >= 15 is 0 Å². The fourth-order valence-electron chi connectivity index (χ4n) is 3.89. The lowest BCUT2D eigenvalue weighted by Gasteiger charge is -2.33. The zero-order valence-electron chi connectivity index (χ0n) is 16.1. The molecule has 2 fully saturated rings. The van der Waals surface area contributed by atoms with E-state index in [1.165, 1.54) is 12.3 Å². The monoisotopic (exact) mass is 396 g/mol. The number of amides is 1. The van der Waals surface area contributed by atoms with Gasteiger partial charge in [0.25, 0.3) is 5.56 Å². The van der Waals surface area contributed by atoms with Gasteiger partial charge in [-0.1, -0.05) is 0 Å². The Kier molecular flexibility index (Phi) is 5.33.